The van der Waals surface area contributed by atoms with E-state index in [1.807, 2.05) is 6.07 Å². The van der Waals surface area contributed by atoms with Crippen LogP contribution in [-0.4, -0.2) is 90.4 Å². The lowest BCUT2D eigenvalue weighted by Crippen LogP contribution is -2.64. The number of aliphatic hydroxyl groups is 3. The molecule has 0 saturated carbocycles. The monoisotopic (exact) mass is 484 g/mol. The molecule has 0 spiro atoms. The summed E-state index contributed by atoms with van der Waals surface area (Å²) in [5.74, 6) is -2.50. The summed E-state index contributed by atoms with van der Waals surface area (Å²) in [7, 11) is 0. The van der Waals surface area contributed by atoms with Gasteiger partial charge in [0.1, 0.15) is 12.2 Å². The van der Waals surface area contributed by atoms with Crippen LogP contribution in [0.25, 0.3) is 0 Å². The number of carbonyl (C=O) groups excluding carboxylic acids is 3. The van der Waals surface area contributed by atoms with Crippen molar-refractivity contribution in [2.75, 3.05) is 26.4 Å². The molecular formula is C22H28O12. The van der Waals surface area contributed by atoms with E-state index < -0.39 is 74.7 Å². The van der Waals surface area contributed by atoms with E-state index in [4.69, 9.17) is 43.7 Å². The third kappa shape index (κ3) is 6.72. The first-order chi connectivity index (χ1) is 16.5. The van der Waals surface area contributed by atoms with Crippen LogP contribution >= 0.6 is 0 Å². The lowest BCUT2D eigenvalue weighted by atomic mass is 9.97. The van der Waals surface area contributed by atoms with Gasteiger partial charge in [0.15, 0.2) is 12.4 Å². The normalized spacial score (nSPS) is 28.4. The maximum absolute atomic E-state index is 12.3. The second-order valence-electron chi connectivity index (χ2n) is 7.54. The molecule has 3 N–H and O–H groups in total. The van der Waals surface area contributed by atoms with Gasteiger partial charge in [0.25, 0.3) is 0 Å². The summed E-state index contributed by atoms with van der Waals surface area (Å²) < 4.78 is 33.7. The number of rotatable bonds is 10. The Morgan fingerprint density at radius 3 is 1.94 bits per heavy atom. The number of ether oxygens (including phenoxy) is 6. The summed E-state index contributed by atoms with van der Waals surface area (Å²) in [6, 6.07) is 8.96. The van der Waals surface area contributed by atoms with Gasteiger partial charge in [-0.25, -0.2) is 0 Å². The maximum Gasteiger partial charge on any atom is 0.310 e. The second kappa shape index (κ2) is 12.7. The van der Waals surface area contributed by atoms with Gasteiger partial charge >= 0.3 is 17.9 Å². The van der Waals surface area contributed by atoms with Crippen molar-refractivity contribution in [3.63, 3.8) is 0 Å². The molecule has 0 bridgehead atoms. The fraction of sp³-hybridized carbons (Fsp3) is 0.591. The average molecular weight is 484 g/mol. The molecule has 2 heterocycles. The zero-order valence-electron chi connectivity index (χ0n) is 18.3. The smallest absolute Gasteiger partial charge is 0.310 e. The number of aliphatic hydroxyl groups excluding tert-OH is 3. The number of carbonyl (C=O) groups is 3. The zero-order valence-corrected chi connectivity index (χ0v) is 18.3. The van der Waals surface area contributed by atoms with E-state index in [9.17, 15) is 14.4 Å². The fourth-order valence-electron chi connectivity index (χ4n) is 3.56. The van der Waals surface area contributed by atoms with E-state index >= 15 is 0 Å². The zero-order chi connectivity index (χ0) is 24.5. The number of benzene rings is 1. The highest BCUT2D eigenvalue weighted by molar-refractivity contribution is 5.71. The average Bonchev–Trinajstić information content (AvgIpc) is 2.82. The molecule has 3 rings (SSSR count). The molecule has 6 unspecified atom stereocenters. The molecule has 6 atom stereocenters. The number of hydrogen-bond acceptors (Lipinski definition) is 12. The van der Waals surface area contributed by atoms with Crippen molar-refractivity contribution in [1.82, 2.24) is 0 Å². The minimum atomic E-state index is -1.50. The van der Waals surface area contributed by atoms with Crippen molar-refractivity contribution in [3.8, 4) is 0 Å². The Morgan fingerprint density at radius 1 is 0.794 bits per heavy atom. The van der Waals surface area contributed by atoms with Gasteiger partial charge in [-0.15, -0.1) is 0 Å². The standard InChI is InChI=1S/C22H28O12/c23-9-6-15(26)31-19-18-14(12-29-21(34-18)13-4-2-1-3-5-13)30-22(33-17(28)8-11-25)20(19)32-16(27)7-10-24/h1-5,14,18-25H,6-12H2. The molecule has 1 aromatic rings. The third-order valence-electron chi connectivity index (χ3n) is 5.09. The van der Waals surface area contributed by atoms with Gasteiger partial charge < -0.3 is 43.7 Å². The summed E-state index contributed by atoms with van der Waals surface area (Å²) in [6.45, 7) is -1.48. The SMILES string of the molecule is O=C(CCO)OC1OC2COC(c3ccccc3)OC2C(OC(=O)CCO)C1OC(=O)CCO. The van der Waals surface area contributed by atoms with Crippen LogP contribution in [0.15, 0.2) is 30.3 Å². The lowest BCUT2D eigenvalue weighted by Gasteiger charge is -2.47. The van der Waals surface area contributed by atoms with Gasteiger partial charge in [0.2, 0.25) is 12.4 Å². The van der Waals surface area contributed by atoms with Crippen LogP contribution in [0.2, 0.25) is 0 Å². The second-order valence-corrected chi connectivity index (χ2v) is 7.54. The molecular weight excluding hydrogens is 456 g/mol. The molecule has 0 amide bonds. The molecule has 1 aromatic carbocycles. The van der Waals surface area contributed by atoms with Crippen LogP contribution in [-0.2, 0) is 42.8 Å². The first-order valence-electron chi connectivity index (χ1n) is 10.8. The molecule has 0 radical (unpaired) electrons. The van der Waals surface area contributed by atoms with E-state index in [0.717, 1.165) is 0 Å². The third-order valence-corrected chi connectivity index (χ3v) is 5.09. The molecule has 0 aliphatic carbocycles. The summed E-state index contributed by atoms with van der Waals surface area (Å²) >= 11 is 0. The topological polar surface area (TPSA) is 167 Å². The predicted octanol–water partition coefficient (Wildman–Crippen LogP) is -0.660. The lowest BCUT2D eigenvalue weighted by molar-refractivity contribution is -0.357. The Kier molecular flexibility index (Phi) is 9.74. The van der Waals surface area contributed by atoms with Crippen molar-refractivity contribution in [2.24, 2.45) is 0 Å². The van der Waals surface area contributed by atoms with Gasteiger partial charge in [-0.1, -0.05) is 30.3 Å². The van der Waals surface area contributed by atoms with Crippen LogP contribution in [0, 0.1) is 0 Å². The largest absolute Gasteiger partial charge is 0.455 e. The first-order valence-corrected chi connectivity index (χ1v) is 10.8. The van der Waals surface area contributed by atoms with E-state index in [0.29, 0.717) is 5.56 Å². The minimum Gasteiger partial charge on any atom is -0.455 e. The summed E-state index contributed by atoms with van der Waals surface area (Å²) in [5.41, 5.74) is 0.687. The van der Waals surface area contributed by atoms with Crippen molar-refractivity contribution < 1.29 is 58.1 Å². The number of fused-ring (bicyclic) bond motifs is 1. The Morgan fingerprint density at radius 2 is 1.35 bits per heavy atom. The number of hydrogen-bond donors (Lipinski definition) is 3. The van der Waals surface area contributed by atoms with Crippen molar-refractivity contribution in [2.45, 2.75) is 56.3 Å². The Labute approximate surface area is 195 Å². The highest BCUT2D eigenvalue weighted by Crippen LogP contribution is 2.37. The van der Waals surface area contributed by atoms with E-state index in [1.165, 1.54) is 0 Å². The molecule has 12 heteroatoms. The van der Waals surface area contributed by atoms with E-state index in [-0.39, 0.29) is 25.9 Å². The van der Waals surface area contributed by atoms with Crippen molar-refractivity contribution >= 4 is 17.9 Å². The first kappa shape index (κ1) is 26.0. The van der Waals surface area contributed by atoms with Crippen LogP contribution in [0.4, 0.5) is 0 Å². The molecule has 188 valence electrons. The fourth-order valence-corrected chi connectivity index (χ4v) is 3.56. The van der Waals surface area contributed by atoms with Crippen molar-refractivity contribution in [1.29, 1.82) is 0 Å². The Bertz CT molecular complexity index is 815. The quantitative estimate of drug-likeness (QED) is 0.284. The van der Waals surface area contributed by atoms with E-state index in [2.05, 4.69) is 0 Å². The van der Waals surface area contributed by atoms with Gasteiger partial charge in [-0.2, -0.15) is 0 Å². The highest BCUT2D eigenvalue weighted by Gasteiger charge is 2.55. The minimum absolute atomic E-state index is 0.0242. The summed E-state index contributed by atoms with van der Waals surface area (Å²) in [5, 5.41) is 27.2. The molecule has 2 aliphatic rings. The van der Waals surface area contributed by atoms with Gasteiger partial charge in [-0.3, -0.25) is 14.4 Å². The Hall–Kier alpha value is -2.61. The van der Waals surface area contributed by atoms with Crippen molar-refractivity contribution in [3.05, 3.63) is 35.9 Å². The molecule has 2 saturated heterocycles. The molecule has 2 fully saturated rings. The Balaban J connectivity index is 1.90. The van der Waals surface area contributed by atoms with Gasteiger partial charge in [0.05, 0.1) is 45.7 Å². The maximum atomic E-state index is 12.3. The van der Waals surface area contributed by atoms with Crippen LogP contribution in [0.1, 0.15) is 31.1 Å². The van der Waals surface area contributed by atoms with Crippen LogP contribution in [0.3, 0.4) is 0 Å². The summed E-state index contributed by atoms with van der Waals surface area (Å²) in [6.07, 6.45) is -7.98. The molecule has 12 nitrogen and oxygen atoms in total. The summed E-state index contributed by atoms with van der Waals surface area (Å²) in [4.78, 5) is 36.6. The highest BCUT2D eigenvalue weighted by atomic mass is 16.8. The van der Waals surface area contributed by atoms with E-state index in [1.54, 1.807) is 24.3 Å². The molecule has 2 aliphatic heterocycles. The van der Waals surface area contributed by atoms with Gasteiger partial charge in [-0.05, 0) is 0 Å². The predicted molar refractivity (Wildman–Crippen MR) is 110 cm³/mol. The van der Waals surface area contributed by atoms with Crippen LogP contribution in [0.5, 0.6) is 0 Å². The molecule has 0 aromatic heterocycles. The van der Waals surface area contributed by atoms with Gasteiger partial charge in [0, 0.05) is 5.56 Å². The molecule has 34 heavy (non-hydrogen) atoms. The number of esters is 3. The van der Waals surface area contributed by atoms with Crippen LogP contribution < -0.4 is 0 Å².